The summed E-state index contributed by atoms with van der Waals surface area (Å²) in [6, 6.07) is 13.7. The van der Waals surface area contributed by atoms with Crippen LogP contribution in [-0.4, -0.2) is 6.04 Å². The fourth-order valence-electron chi connectivity index (χ4n) is 2.49. The number of hydrazine groups is 1. The maximum Gasteiger partial charge on any atom is 0.123 e. The molecule has 1 unspecified atom stereocenters. The van der Waals surface area contributed by atoms with E-state index in [1.54, 1.807) is 6.07 Å². The van der Waals surface area contributed by atoms with Gasteiger partial charge >= 0.3 is 0 Å². The Balaban J connectivity index is 1.95. The van der Waals surface area contributed by atoms with Crippen LogP contribution in [0.4, 0.5) is 4.39 Å². The van der Waals surface area contributed by atoms with Gasteiger partial charge in [0.1, 0.15) is 5.82 Å². The van der Waals surface area contributed by atoms with E-state index in [4.69, 9.17) is 5.84 Å². The molecule has 0 heterocycles. The molecule has 112 valence electrons. The van der Waals surface area contributed by atoms with E-state index < -0.39 is 0 Å². The molecule has 0 aromatic heterocycles. The summed E-state index contributed by atoms with van der Waals surface area (Å²) in [7, 11) is 0. The van der Waals surface area contributed by atoms with Gasteiger partial charge in [-0.25, -0.2) is 4.39 Å². The lowest BCUT2D eigenvalue weighted by molar-refractivity contribution is 0.490. The molecule has 2 aromatic carbocycles. The molecule has 3 heteroatoms. The van der Waals surface area contributed by atoms with E-state index in [1.807, 2.05) is 13.0 Å². The monoisotopic (exact) mass is 286 g/mol. The second-order valence-electron chi connectivity index (χ2n) is 5.66. The molecule has 0 saturated carbocycles. The van der Waals surface area contributed by atoms with Crippen LogP contribution in [0.25, 0.3) is 0 Å². The zero-order valence-corrected chi connectivity index (χ0v) is 12.7. The zero-order chi connectivity index (χ0) is 15.2. The largest absolute Gasteiger partial charge is 0.271 e. The van der Waals surface area contributed by atoms with Crippen LogP contribution in [0.1, 0.15) is 28.7 Å². The van der Waals surface area contributed by atoms with Crippen molar-refractivity contribution in [1.82, 2.24) is 5.43 Å². The van der Waals surface area contributed by atoms with Crippen molar-refractivity contribution in [3.8, 4) is 0 Å². The molecule has 2 nitrogen and oxygen atoms in total. The van der Waals surface area contributed by atoms with Crippen LogP contribution in [-0.2, 0) is 12.8 Å². The minimum Gasteiger partial charge on any atom is -0.271 e. The Bertz CT molecular complexity index is 578. The van der Waals surface area contributed by atoms with Gasteiger partial charge in [0.05, 0.1) is 0 Å². The van der Waals surface area contributed by atoms with Crippen LogP contribution in [0, 0.1) is 19.7 Å². The van der Waals surface area contributed by atoms with Gasteiger partial charge in [0.2, 0.25) is 0 Å². The SMILES string of the molecule is Cc1ccc(CCC(Cc2ccc(F)cc2C)NN)cc1. The smallest absolute Gasteiger partial charge is 0.123 e. The highest BCUT2D eigenvalue weighted by Crippen LogP contribution is 2.15. The molecular weight excluding hydrogens is 263 g/mol. The van der Waals surface area contributed by atoms with Crippen LogP contribution >= 0.6 is 0 Å². The molecule has 0 amide bonds. The molecule has 21 heavy (non-hydrogen) atoms. The van der Waals surface area contributed by atoms with Gasteiger partial charge in [-0.15, -0.1) is 0 Å². The number of halogens is 1. The van der Waals surface area contributed by atoms with Crippen molar-refractivity contribution in [2.45, 2.75) is 39.2 Å². The van der Waals surface area contributed by atoms with E-state index in [-0.39, 0.29) is 11.9 Å². The zero-order valence-electron chi connectivity index (χ0n) is 12.7. The topological polar surface area (TPSA) is 38.0 Å². The van der Waals surface area contributed by atoms with E-state index in [0.717, 1.165) is 30.4 Å². The molecule has 0 saturated heterocycles. The Morgan fingerprint density at radius 2 is 1.81 bits per heavy atom. The van der Waals surface area contributed by atoms with Crippen LogP contribution in [0.5, 0.6) is 0 Å². The second kappa shape index (κ2) is 7.34. The second-order valence-corrected chi connectivity index (χ2v) is 5.66. The van der Waals surface area contributed by atoms with Gasteiger partial charge in [0.25, 0.3) is 0 Å². The molecule has 0 fully saturated rings. The molecule has 0 bridgehead atoms. The summed E-state index contributed by atoms with van der Waals surface area (Å²) in [5.41, 5.74) is 7.59. The van der Waals surface area contributed by atoms with Crippen molar-refractivity contribution in [3.63, 3.8) is 0 Å². The van der Waals surface area contributed by atoms with Crippen LogP contribution in [0.2, 0.25) is 0 Å². The standard InChI is InChI=1S/C18H23FN2/c1-13-3-5-15(6-4-13)7-10-18(21-20)12-16-8-9-17(19)11-14(16)2/h3-6,8-9,11,18,21H,7,10,12,20H2,1-2H3. The van der Waals surface area contributed by atoms with Gasteiger partial charge < -0.3 is 0 Å². The Kier molecular flexibility index (Phi) is 5.48. The molecule has 1 atom stereocenters. The van der Waals surface area contributed by atoms with Gasteiger partial charge in [0.15, 0.2) is 0 Å². The van der Waals surface area contributed by atoms with Gasteiger partial charge in [-0.1, -0.05) is 35.9 Å². The molecular formula is C18H23FN2. The Morgan fingerprint density at radius 1 is 1.10 bits per heavy atom. The third-order valence-electron chi connectivity index (χ3n) is 3.91. The lowest BCUT2D eigenvalue weighted by Crippen LogP contribution is -2.37. The average Bonchev–Trinajstić information content (AvgIpc) is 2.47. The predicted molar refractivity (Wildman–Crippen MR) is 85.5 cm³/mol. The Labute approximate surface area is 126 Å². The molecule has 0 aliphatic heterocycles. The summed E-state index contributed by atoms with van der Waals surface area (Å²) < 4.78 is 13.1. The molecule has 0 radical (unpaired) electrons. The van der Waals surface area contributed by atoms with Crippen molar-refractivity contribution >= 4 is 0 Å². The van der Waals surface area contributed by atoms with Crippen molar-refractivity contribution in [2.75, 3.05) is 0 Å². The van der Waals surface area contributed by atoms with Crippen molar-refractivity contribution in [2.24, 2.45) is 5.84 Å². The molecule has 0 aliphatic carbocycles. The van der Waals surface area contributed by atoms with E-state index >= 15 is 0 Å². The van der Waals surface area contributed by atoms with E-state index in [1.165, 1.54) is 17.2 Å². The van der Waals surface area contributed by atoms with Gasteiger partial charge in [0, 0.05) is 6.04 Å². The highest BCUT2D eigenvalue weighted by Gasteiger charge is 2.10. The number of hydrogen-bond acceptors (Lipinski definition) is 2. The van der Waals surface area contributed by atoms with Gasteiger partial charge in [-0.05, 0) is 61.9 Å². The van der Waals surface area contributed by atoms with Gasteiger partial charge in [-0.2, -0.15) is 0 Å². The van der Waals surface area contributed by atoms with E-state index in [0.29, 0.717) is 0 Å². The first kappa shape index (κ1) is 15.7. The van der Waals surface area contributed by atoms with Crippen LogP contribution in [0.15, 0.2) is 42.5 Å². The van der Waals surface area contributed by atoms with Crippen LogP contribution in [0.3, 0.4) is 0 Å². The predicted octanol–water partition coefficient (Wildman–Crippen LogP) is 3.45. The fraction of sp³-hybridized carbons (Fsp3) is 0.333. The number of nitrogens with two attached hydrogens (primary N) is 1. The summed E-state index contributed by atoms with van der Waals surface area (Å²) >= 11 is 0. The maximum atomic E-state index is 13.1. The lowest BCUT2D eigenvalue weighted by atomic mass is 9.96. The third kappa shape index (κ3) is 4.66. The summed E-state index contributed by atoms with van der Waals surface area (Å²) in [6.45, 7) is 4.03. The van der Waals surface area contributed by atoms with Crippen molar-refractivity contribution < 1.29 is 4.39 Å². The number of aryl methyl sites for hydroxylation is 3. The molecule has 2 aromatic rings. The summed E-state index contributed by atoms with van der Waals surface area (Å²) in [4.78, 5) is 0. The highest BCUT2D eigenvalue weighted by molar-refractivity contribution is 5.27. The number of rotatable bonds is 6. The van der Waals surface area contributed by atoms with E-state index in [2.05, 4.69) is 36.6 Å². The summed E-state index contributed by atoms with van der Waals surface area (Å²) in [5.74, 6) is 5.48. The fourth-order valence-corrected chi connectivity index (χ4v) is 2.49. The number of hydrogen-bond donors (Lipinski definition) is 2. The summed E-state index contributed by atoms with van der Waals surface area (Å²) in [5, 5.41) is 0. The first-order chi connectivity index (χ1) is 10.1. The minimum absolute atomic E-state index is 0.187. The quantitative estimate of drug-likeness (QED) is 0.630. The minimum atomic E-state index is -0.187. The first-order valence-electron chi connectivity index (χ1n) is 7.35. The third-order valence-corrected chi connectivity index (χ3v) is 3.91. The number of benzene rings is 2. The lowest BCUT2D eigenvalue weighted by Gasteiger charge is -2.17. The Morgan fingerprint density at radius 3 is 2.43 bits per heavy atom. The summed E-state index contributed by atoms with van der Waals surface area (Å²) in [6.07, 6.45) is 2.75. The van der Waals surface area contributed by atoms with Gasteiger partial charge in [-0.3, -0.25) is 11.3 Å². The highest BCUT2D eigenvalue weighted by atomic mass is 19.1. The van der Waals surface area contributed by atoms with Crippen molar-refractivity contribution in [3.05, 3.63) is 70.5 Å². The number of nitrogens with one attached hydrogen (secondary N) is 1. The first-order valence-corrected chi connectivity index (χ1v) is 7.35. The molecule has 0 aliphatic rings. The average molecular weight is 286 g/mol. The van der Waals surface area contributed by atoms with E-state index in [9.17, 15) is 4.39 Å². The van der Waals surface area contributed by atoms with Crippen molar-refractivity contribution in [1.29, 1.82) is 0 Å². The molecule has 3 N–H and O–H groups in total. The maximum absolute atomic E-state index is 13.1. The van der Waals surface area contributed by atoms with Crippen LogP contribution < -0.4 is 11.3 Å². The molecule has 0 spiro atoms. The normalized spacial score (nSPS) is 12.4. The Hall–Kier alpha value is -1.71. The molecule has 2 rings (SSSR count).